The van der Waals surface area contributed by atoms with Gasteiger partial charge in [0, 0.05) is 25.2 Å². The maximum atomic E-state index is 12.1. The molecule has 1 heterocycles. The van der Waals surface area contributed by atoms with Gasteiger partial charge in [-0.1, -0.05) is 13.8 Å². The van der Waals surface area contributed by atoms with E-state index in [-0.39, 0.29) is 12.0 Å². The van der Waals surface area contributed by atoms with Gasteiger partial charge in [0.25, 0.3) is 0 Å². The summed E-state index contributed by atoms with van der Waals surface area (Å²) >= 11 is 0. The van der Waals surface area contributed by atoms with Crippen molar-refractivity contribution in [2.75, 3.05) is 13.1 Å². The van der Waals surface area contributed by atoms with Gasteiger partial charge >= 0.3 is 5.97 Å². The van der Waals surface area contributed by atoms with Crippen LogP contribution in [0.1, 0.15) is 53.9 Å². The Hall–Kier alpha value is -0.610. The number of likely N-dealkylation sites (tertiary alicyclic amines) is 1. The highest BCUT2D eigenvalue weighted by Crippen LogP contribution is 2.42. The minimum Gasteiger partial charge on any atom is -0.480 e. The van der Waals surface area contributed by atoms with Crippen LogP contribution in [0.3, 0.4) is 0 Å². The van der Waals surface area contributed by atoms with E-state index in [4.69, 9.17) is 0 Å². The molecule has 4 nitrogen and oxygen atoms in total. The minimum absolute atomic E-state index is 0.191. The van der Waals surface area contributed by atoms with Gasteiger partial charge in [-0.05, 0) is 57.8 Å². The van der Waals surface area contributed by atoms with Gasteiger partial charge in [0.1, 0.15) is 5.54 Å². The van der Waals surface area contributed by atoms with Gasteiger partial charge < -0.3 is 5.11 Å². The number of piperidine rings is 1. The molecule has 122 valence electrons. The second-order valence-electron chi connectivity index (χ2n) is 7.84. The van der Waals surface area contributed by atoms with Crippen LogP contribution in [0.25, 0.3) is 0 Å². The lowest BCUT2D eigenvalue weighted by Crippen LogP contribution is -2.64. The minimum atomic E-state index is -0.765. The van der Waals surface area contributed by atoms with Crippen molar-refractivity contribution in [3.63, 3.8) is 0 Å². The quantitative estimate of drug-likeness (QED) is 0.791. The van der Waals surface area contributed by atoms with Gasteiger partial charge in [-0.3, -0.25) is 15.0 Å². The van der Waals surface area contributed by atoms with E-state index in [9.17, 15) is 9.90 Å². The van der Waals surface area contributed by atoms with Gasteiger partial charge in [-0.25, -0.2) is 0 Å². The van der Waals surface area contributed by atoms with Gasteiger partial charge in [-0.2, -0.15) is 0 Å². The Morgan fingerprint density at radius 3 is 2.43 bits per heavy atom. The SMILES string of the molecule is CC1CC(C)C(C)N(CC(NC(C)C)(C(=O)O)C2CC2)C1. The number of rotatable bonds is 6. The third kappa shape index (κ3) is 3.59. The predicted octanol–water partition coefficient (Wildman–Crippen LogP) is 2.58. The lowest BCUT2D eigenvalue weighted by Gasteiger charge is -2.46. The normalized spacial score (nSPS) is 33.9. The van der Waals surface area contributed by atoms with Crippen LogP contribution in [0.4, 0.5) is 0 Å². The number of carboxylic acids is 1. The van der Waals surface area contributed by atoms with Crippen molar-refractivity contribution >= 4 is 5.97 Å². The Balaban J connectivity index is 2.19. The van der Waals surface area contributed by atoms with E-state index in [1.165, 1.54) is 6.42 Å². The first-order chi connectivity index (χ1) is 9.76. The molecule has 21 heavy (non-hydrogen) atoms. The average Bonchev–Trinajstić information content (AvgIpc) is 3.17. The van der Waals surface area contributed by atoms with Crippen LogP contribution < -0.4 is 5.32 Å². The summed E-state index contributed by atoms with van der Waals surface area (Å²) in [6.07, 6.45) is 3.33. The molecule has 1 aliphatic carbocycles. The summed E-state index contributed by atoms with van der Waals surface area (Å²) < 4.78 is 0. The van der Waals surface area contributed by atoms with Gasteiger partial charge in [-0.15, -0.1) is 0 Å². The van der Waals surface area contributed by atoms with Crippen LogP contribution in [0.2, 0.25) is 0 Å². The number of nitrogens with zero attached hydrogens (tertiary/aromatic N) is 1. The molecular weight excluding hydrogens is 264 g/mol. The van der Waals surface area contributed by atoms with Crippen molar-refractivity contribution < 1.29 is 9.90 Å². The molecule has 0 radical (unpaired) electrons. The van der Waals surface area contributed by atoms with Crippen molar-refractivity contribution in [2.24, 2.45) is 17.8 Å². The lowest BCUT2D eigenvalue weighted by atomic mass is 9.83. The molecule has 0 bridgehead atoms. The Bertz CT molecular complexity index is 381. The highest BCUT2D eigenvalue weighted by atomic mass is 16.4. The van der Waals surface area contributed by atoms with E-state index < -0.39 is 11.5 Å². The predicted molar refractivity (Wildman–Crippen MR) is 85.3 cm³/mol. The summed E-state index contributed by atoms with van der Waals surface area (Å²) in [6.45, 7) is 12.6. The summed E-state index contributed by atoms with van der Waals surface area (Å²) in [5.74, 6) is 0.911. The fourth-order valence-corrected chi connectivity index (χ4v) is 4.05. The first-order valence-electron chi connectivity index (χ1n) is 8.51. The number of carboxylic acid groups (broad SMARTS) is 1. The molecule has 2 N–H and O–H groups in total. The van der Waals surface area contributed by atoms with Crippen molar-refractivity contribution in [1.82, 2.24) is 10.2 Å². The zero-order chi connectivity index (χ0) is 15.8. The Kier molecular flexibility index (Phi) is 4.99. The number of nitrogens with one attached hydrogen (secondary N) is 1. The third-order valence-electron chi connectivity index (χ3n) is 5.37. The fraction of sp³-hybridized carbons (Fsp3) is 0.941. The summed E-state index contributed by atoms with van der Waals surface area (Å²) in [5, 5.41) is 13.4. The van der Waals surface area contributed by atoms with Gasteiger partial charge in [0.2, 0.25) is 0 Å². The molecule has 0 aromatic rings. The lowest BCUT2D eigenvalue weighted by molar-refractivity contribution is -0.148. The van der Waals surface area contributed by atoms with Crippen molar-refractivity contribution in [2.45, 2.75) is 71.5 Å². The number of hydrogen-bond acceptors (Lipinski definition) is 3. The maximum Gasteiger partial charge on any atom is 0.325 e. The topological polar surface area (TPSA) is 52.6 Å². The molecule has 0 aromatic carbocycles. The molecule has 4 atom stereocenters. The summed E-state index contributed by atoms with van der Waals surface area (Å²) in [4.78, 5) is 14.5. The highest BCUT2D eigenvalue weighted by Gasteiger charge is 2.53. The monoisotopic (exact) mass is 296 g/mol. The van der Waals surface area contributed by atoms with Gasteiger partial charge in [0.15, 0.2) is 0 Å². The summed E-state index contributed by atoms with van der Waals surface area (Å²) in [6, 6.07) is 0.657. The van der Waals surface area contributed by atoms with Gasteiger partial charge in [0.05, 0.1) is 0 Å². The van der Waals surface area contributed by atoms with Crippen LogP contribution in [-0.4, -0.2) is 46.7 Å². The molecule has 2 fully saturated rings. The third-order valence-corrected chi connectivity index (χ3v) is 5.37. The molecule has 4 heteroatoms. The van der Waals surface area contributed by atoms with E-state index in [2.05, 4.69) is 31.0 Å². The Morgan fingerprint density at radius 1 is 1.33 bits per heavy atom. The maximum absolute atomic E-state index is 12.1. The molecule has 1 saturated heterocycles. The van der Waals surface area contributed by atoms with Crippen LogP contribution in [0, 0.1) is 17.8 Å². The highest BCUT2D eigenvalue weighted by molar-refractivity contribution is 5.80. The fourth-order valence-electron chi connectivity index (χ4n) is 4.05. The van der Waals surface area contributed by atoms with E-state index in [1.807, 2.05) is 13.8 Å². The van der Waals surface area contributed by atoms with Crippen LogP contribution >= 0.6 is 0 Å². The first-order valence-corrected chi connectivity index (χ1v) is 8.51. The molecule has 0 aromatic heterocycles. The molecule has 4 unspecified atom stereocenters. The summed E-state index contributed by atoms with van der Waals surface area (Å²) in [5.41, 5.74) is -0.765. The van der Waals surface area contributed by atoms with Crippen molar-refractivity contribution in [3.05, 3.63) is 0 Å². The molecule has 1 saturated carbocycles. The zero-order valence-corrected chi connectivity index (χ0v) is 14.2. The average molecular weight is 296 g/mol. The van der Waals surface area contributed by atoms with Crippen LogP contribution in [-0.2, 0) is 4.79 Å². The second-order valence-corrected chi connectivity index (χ2v) is 7.84. The Morgan fingerprint density at radius 2 is 1.95 bits per heavy atom. The Labute approximate surface area is 129 Å². The van der Waals surface area contributed by atoms with E-state index in [1.54, 1.807) is 0 Å². The van der Waals surface area contributed by atoms with E-state index in [0.29, 0.717) is 24.4 Å². The second kappa shape index (κ2) is 6.25. The van der Waals surface area contributed by atoms with Crippen molar-refractivity contribution in [3.8, 4) is 0 Å². The van der Waals surface area contributed by atoms with Crippen LogP contribution in [0.5, 0.6) is 0 Å². The standard InChI is InChI=1S/C17H32N2O2/c1-11(2)18-17(16(20)21,15-6-7-15)10-19-9-12(3)8-13(4)14(19)5/h11-15,18H,6-10H2,1-5H3,(H,20,21). The van der Waals surface area contributed by atoms with Crippen molar-refractivity contribution in [1.29, 1.82) is 0 Å². The largest absolute Gasteiger partial charge is 0.480 e. The molecular formula is C17H32N2O2. The molecule has 1 aliphatic heterocycles. The molecule has 2 aliphatic rings. The summed E-state index contributed by atoms with van der Waals surface area (Å²) in [7, 11) is 0. The number of hydrogen-bond donors (Lipinski definition) is 2. The smallest absolute Gasteiger partial charge is 0.325 e. The van der Waals surface area contributed by atoms with Crippen LogP contribution in [0.15, 0.2) is 0 Å². The molecule has 0 amide bonds. The number of aliphatic carboxylic acids is 1. The first kappa shape index (κ1) is 16.8. The zero-order valence-electron chi connectivity index (χ0n) is 14.2. The van der Waals surface area contributed by atoms with E-state index in [0.717, 1.165) is 19.4 Å². The molecule has 2 rings (SSSR count). The van der Waals surface area contributed by atoms with E-state index >= 15 is 0 Å². The number of carbonyl (C=O) groups is 1. The molecule has 0 spiro atoms.